The van der Waals surface area contributed by atoms with Crippen molar-refractivity contribution in [1.29, 1.82) is 5.26 Å². The minimum atomic E-state index is -0.1000. The molecule has 0 radical (unpaired) electrons. The summed E-state index contributed by atoms with van der Waals surface area (Å²) in [6.45, 7) is 0.767. The van der Waals surface area contributed by atoms with Gasteiger partial charge in [-0.05, 0) is 67.0 Å². The van der Waals surface area contributed by atoms with E-state index in [1.807, 2.05) is 29.5 Å². The van der Waals surface area contributed by atoms with Crippen LogP contribution in [0.5, 0.6) is 0 Å². The Morgan fingerprint density at radius 1 is 1.42 bits per heavy atom. The van der Waals surface area contributed by atoms with Crippen molar-refractivity contribution < 1.29 is 4.74 Å². The topological polar surface area (TPSA) is 71.1 Å². The predicted molar refractivity (Wildman–Crippen MR) is 104 cm³/mol. The van der Waals surface area contributed by atoms with Gasteiger partial charge in [0.05, 0.1) is 23.0 Å². The lowest BCUT2D eigenvalue weighted by molar-refractivity contribution is 0.114. The van der Waals surface area contributed by atoms with Crippen LogP contribution in [0.15, 0.2) is 42.2 Å². The normalized spacial score (nSPS) is 24.5. The number of thiophene rings is 1. The van der Waals surface area contributed by atoms with E-state index in [-0.39, 0.29) is 5.54 Å². The van der Waals surface area contributed by atoms with Crippen molar-refractivity contribution in [3.8, 4) is 16.5 Å². The van der Waals surface area contributed by atoms with Gasteiger partial charge < -0.3 is 15.8 Å². The van der Waals surface area contributed by atoms with Crippen LogP contribution in [0, 0.1) is 17.2 Å². The van der Waals surface area contributed by atoms with Gasteiger partial charge in [0.2, 0.25) is 0 Å². The third kappa shape index (κ3) is 3.00. The van der Waals surface area contributed by atoms with E-state index in [1.54, 1.807) is 7.11 Å². The molecule has 1 aromatic carbocycles. The van der Waals surface area contributed by atoms with E-state index in [4.69, 9.17) is 10.5 Å². The number of nitrogens with zero attached hydrogens (tertiary/aromatic N) is 1. The Bertz CT molecular complexity index is 895. The van der Waals surface area contributed by atoms with E-state index in [1.165, 1.54) is 15.3 Å². The van der Waals surface area contributed by atoms with Crippen molar-refractivity contribution in [2.75, 3.05) is 13.7 Å². The number of ether oxygens (including phenoxy) is 1. The molecule has 2 atom stereocenters. The molecule has 3 N–H and O–H groups in total. The molecule has 2 aliphatic rings. The molecule has 1 aromatic heterocycles. The Kier molecular flexibility index (Phi) is 4.47. The summed E-state index contributed by atoms with van der Waals surface area (Å²) in [7, 11) is 1.78. The van der Waals surface area contributed by atoms with Crippen LogP contribution in [-0.4, -0.2) is 13.7 Å². The Balaban J connectivity index is 1.78. The lowest BCUT2D eigenvalue weighted by Gasteiger charge is -2.44. The van der Waals surface area contributed by atoms with Crippen molar-refractivity contribution >= 4 is 11.3 Å². The van der Waals surface area contributed by atoms with Crippen molar-refractivity contribution in [1.82, 2.24) is 5.32 Å². The first kappa shape index (κ1) is 17.1. The largest absolute Gasteiger partial charge is 0.386 e. The van der Waals surface area contributed by atoms with E-state index in [2.05, 4.69) is 29.6 Å². The van der Waals surface area contributed by atoms with Crippen LogP contribution >= 0.6 is 11.3 Å². The summed E-state index contributed by atoms with van der Waals surface area (Å²) in [4.78, 5) is 2.64. The molecule has 0 bridgehead atoms. The second-order valence-electron chi connectivity index (χ2n) is 7.27. The zero-order valence-electron chi connectivity index (χ0n) is 14.9. The zero-order valence-corrected chi connectivity index (χ0v) is 15.7. The Labute approximate surface area is 158 Å². The molecule has 0 amide bonds. The number of allylic oxidation sites excluding steroid dienone is 1. The third-order valence-corrected chi connectivity index (χ3v) is 6.64. The number of rotatable bonds is 3. The van der Waals surface area contributed by atoms with Gasteiger partial charge in [0, 0.05) is 23.5 Å². The van der Waals surface area contributed by atoms with Gasteiger partial charge in [-0.3, -0.25) is 0 Å². The van der Waals surface area contributed by atoms with Gasteiger partial charge in [0.1, 0.15) is 0 Å². The lowest BCUT2D eigenvalue weighted by Crippen LogP contribution is -2.50. The summed E-state index contributed by atoms with van der Waals surface area (Å²) in [6.07, 6.45) is 6.20. The van der Waals surface area contributed by atoms with E-state index in [0.29, 0.717) is 11.5 Å². The van der Waals surface area contributed by atoms with Crippen LogP contribution in [0.3, 0.4) is 0 Å². The Hall–Kier alpha value is -2.29. The molecule has 0 fully saturated rings. The molecule has 0 saturated heterocycles. The molecule has 2 aromatic rings. The average molecular weight is 366 g/mol. The average Bonchev–Trinajstić information content (AvgIpc) is 3.07. The standard InChI is InChI=1S/C21H23N3OS/c1-25-13-15-9-19-17(21(11-15)7-3-6-20(23)24-21)10-18(26-19)16-5-2-4-14(8-16)12-22/h2,4-6,8,10,15,24H,3,7,9,11,13,23H2,1H3. The minimum Gasteiger partial charge on any atom is -0.386 e. The second kappa shape index (κ2) is 6.79. The summed E-state index contributed by atoms with van der Waals surface area (Å²) in [5, 5.41) is 12.8. The van der Waals surface area contributed by atoms with Gasteiger partial charge in [-0.2, -0.15) is 5.26 Å². The van der Waals surface area contributed by atoms with Crippen molar-refractivity contribution in [3.05, 3.63) is 58.2 Å². The van der Waals surface area contributed by atoms with Gasteiger partial charge in [0.15, 0.2) is 0 Å². The molecule has 0 saturated carbocycles. The highest BCUT2D eigenvalue weighted by molar-refractivity contribution is 7.15. The zero-order chi connectivity index (χ0) is 18.1. The number of nitrogens with one attached hydrogen (secondary N) is 1. The second-order valence-corrected chi connectivity index (χ2v) is 8.41. The fraction of sp³-hybridized carbons (Fsp3) is 0.381. The molecule has 1 spiro atoms. The summed E-state index contributed by atoms with van der Waals surface area (Å²) in [6, 6.07) is 12.4. The van der Waals surface area contributed by atoms with Crippen LogP contribution in [-0.2, 0) is 16.7 Å². The molecule has 1 aliphatic heterocycles. The fourth-order valence-electron chi connectivity index (χ4n) is 4.38. The molecule has 1 aliphatic carbocycles. The van der Waals surface area contributed by atoms with E-state index < -0.39 is 0 Å². The first-order valence-corrected chi connectivity index (χ1v) is 9.81. The first-order chi connectivity index (χ1) is 12.6. The SMILES string of the molecule is COCC1Cc2sc(-c3cccc(C#N)c3)cc2C2(CCC=C(N)N2)C1. The summed E-state index contributed by atoms with van der Waals surface area (Å²) < 4.78 is 5.47. The maximum Gasteiger partial charge on any atom is 0.0991 e. The molecular formula is C21H23N3OS. The quantitative estimate of drug-likeness (QED) is 0.866. The minimum absolute atomic E-state index is 0.1000. The number of nitrogens with two attached hydrogens (primary N) is 1. The molecular weight excluding hydrogens is 342 g/mol. The maximum atomic E-state index is 9.20. The van der Waals surface area contributed by atoms with Crippen molar-refractivity contribution in [2.45, 2.75) is 31.2 Å². The summed E-state index contributed by atoms with van der Waals surface area (Å²) >= 11 is 1.84. The molecule has 2 unspecified atom stereocenters. The van der Waals surface area contributed by atoms with Crippen LogP contribution in [0.25, 0.3) is 10.4 Å². The summed E-state index contributed by atoms with van der Waals surface area (Å²) in [5.41, 5.74) is 9.25. The van der Waals surface area contributed by atoms with E-state index in [0.717, 1.165) is 43.7 Å². The number of fused-ring (bicyclic) bond motifs is 2. The molecule has 4 nitrogen and oxygen atoms in total. The van der Waals surface area contributed by atoms with Crippen molar-refractivity contribution in [3.63, 3.8) is 0 Å². The van der Waals surface area contributed by atoms with Crippen LogP contribution in [0.2, 0.25) is 0 Å². The van der Waals surface area contributed by atoms with Gasteiger partial charge in [-0.1, -0.05) is 12.1 Å². The lowest BCUT2D eigenvalue weighted by atomic mass is 9.71. The molecule has 2 heterocycles. The monoisotopic (exact) mass is 365 g/mol. The predicted octanol–water partition coefficient (Wildman–Crippen LogP) is 3.87. The van der Waals surface area contributed by atoms with E-state index >= 15 is 0 Å². The number of nitriles is 1. The number of hydrogen-bond acceptors (Lipinski definition) is 5. The molecule has 4 rings (SSSR count). The van der Waals surface area contributed by atoms with Crippen LogP contribution in [0.4, 0.5) is 0 Å². The van der Waals surface area contributed by atoms with Crippen molar-refractivity contribution in [2.24, 2.45) is 11.7 Å². The van der Waals surface area contributed by atoms with Crippen LogP contribution in [0.1, 0.15) is 35.3 Å². The maximum absolute atomic E-state index is 9.20. The smallest absolute Gasteiger partial charge is 0.0991 e. The first-order valence-electron chi connectivity index (χ1n) is 9.00. The molecule has 26 heavy (non-hydrogen) atoms. The van der Waals surface area contributed by atoms with Gasteiger partial charge in [-0.25, -0.2) is 0 Å². The van der Waals surface area contributed by atoms with E-state index in [9.17, 15) is 5.26 Å². The Morgan fingerprint density at radius 2 is 2.31 bits per heavy atom. The van der Waals surface area contributed by atoms with Crippen LogP contribution < -0.4 is 11.1 Å². The van der Waals surface area contributed by atoms with Gasteiger partial charge >= 0.3 is 0 Å². The highest BCUT2D eigenvalue weighted by Crippen LogP contribution is 2.48. The summed E-state index contributed by atoms with van der Waals surface area (Å²) in [5.74, 6) is 1.27. The fourth-order valence-corrected chi connectivity index (χ4v) is 5.75. The Morgan fingerprint density at radius 3 is 3.08 bits per heavy atom. The highest BCUT2D eigenvalue weighted by atomic mass is 32.1. The third-order valence-electron chi connectivity index (χ3n) is 5.43. The van der Waals surface area contributed by atoms with Gasteiger partial charge in [0.25, 0.3) is 0 Å². The molecule has 134 valence electrons. The molecule has 5 heteroatoms. The van der Waals surface area contributed by atoms with Gasteiger partial charge in [-0.15, -0.1) is 11.3 Å². The number of benzene rings is 1. The highest BCUT2D eigenvalue weighted by Gasteiger charge is 2.42. The number of hydrogen-bond donors (Lipinski definition) is 2. The number of methoxy groups -OCH3 is 1.